The van der Waals surface area contributed by atoms with Gasteiger partial charge >= 0.3 is 0 Å². The Morgan fingerprint density at radius 3 is 2.66 bits per heavy atom. The van der Waals surface area contributed by atoms with Crippen LogP contribution in [0.15, 0.2) is 18.2 Å². The van der Waals surface area contributed by atoms with Gasteiger partial charge in [0.25, 0.3) is 0 Å². The number of piperidine rings is 1. The van der Waals surface area contributed by atoms with E-state index in [4.69, 9.17) is 0 Å². The lowest BCUT2D eigenvalue weighted by atomic mass is 9.88. The molecular formula is C21H32N6O4S. The summed E-state index contributed by atoms with van der Waals surface area (Å²) < 4.78 is 25.8. The van der Waals surface area contributed by atoms with E-state index in [-0.39, 0.29) is 36.1 Å². The third-order valence-electron chi connectivity index (χ3n) is 6.52. The first-order valence-electron chi connectivity index (χ1n) is 11.0. The van der Waals surface area contributed by atoms with Gasteiger partial charge in [0.05, 0.1) is 35.9 Å². The van der Waals surface area contributed by atoms with E-state index >= 15 is 0 Å². The highest BCUT2D eigenvalue weighted by Gasteiger charge is 2.49. The number of benzene rings is 1. The van der Waals surface area contributed by atoms with Crippen LogP contribution in [-0.2, 0) is 26.0 Å². The number of aryl methyl sites for hydroxylation is 1. The van der Waals surface area contributed by atoms with Gasteiger partial charge in [0.2, 0.25) is 21.8 Å². The monoisotopic (exact) mass is 464 g/mol. The molecule has 1 aromatic rings. The molecule has 1 aromatic carbocycles. The fraction of sp³-hybridized carbons (Fsp3) is 0.619. The van der Waals surface area contributed by atoms with Crippen LogP contribution in [0.2, 0.25) is 0 Å². The van der Waals surface area contributed by atoms with E-state index in [0.29, 0.717) is 17.8 Å². The zero-order valence-electron chi connectivity index (χ0n) is 18.9. The van der Waals surface area contributed by atoms with Crippen molar-refractivity contribution < 1.29 is 18.0 Å². The summed E-state index contributed by atoms with van der Waals surface area (Å²) in [5.74, 6) is -0.355. The van der Waals surface area contributed by atoms with Crippen LogP contribution in [0.25, 0.3) is 0 Å². The van der Waals surface area contributed by atoms with Crippen molar-refractivity contribution >= 4 is 33.2 Å². The maximum Gasteiger partial charge on any atom is 0.244 e. The summed E-state index contributed by atoms with van der Waals surface area (Å²) in [5.41, 5.74) is 5.30. The van der Waals surface area contributed by atoms with Crippen molar-refractivity contribution in [2.75, 3.05) is 30.0 Å². The normalized spacial score (nSPS) is 27.8. The van der Waals surface area contributed by atoms with Crippen LogP contribution in [0, 0.1) is 11.8 Å². The molecule has 4 atom stereocenters. The lowest BCUT2D eigenvalue weighted by Crippen LogP contribution is -2.63. The van der Waals surface area contributed by atoms with Gasteiger partial charge in [-0.05, 0) is 37.0 Å². The number of hydrogen-bond acceptors (Lipinski definition) is 7. The van der Waals surface area contributed by atoms with E-state index in [9.17, 15) is 18.0 Å². The minimum absolute atomic E-state index is 0.0298. The number of carbonyl (C=O) groups excluding carboxylic acids is 2. The summed E-state index contributed by atoms with van der Waals surface area (Å²) in [4.78, 5) is 25.2. The molecule has 176 valence electrons. The summed E-state index contributed by atoms with van der Waals surface area (Å²) in [6, 6.07) is 5.36. The molecular weight excluding hydrogens is 432 g/mol. The molecule has 0 aromatic heterocycles. The Labute approximate surface area is 189 Å². The Morgan fingerprint density at radius 1 is 1.31 bits per heavy atom. The molecule has 2 amide bonds. The van der Waals surface area contributed by atoms with Gasteiger partial charge in [-0.15, -0.1) is 0 Å². The molecule has 2 heterocycles. The molecule has 4 N–H and O–H groups in total. The number of fused-ring (bicyclic) bond motifs is 1. The molecule has 0 radical (unpaired) electrons. The first-order chi connectivity index (χ1) is 15.1. The predicted octanol–water partition coefficient (Wildman–Crippen LogP) is 0.190. The number of nitrogens with one attached hydrogen (secondary N) is 4. The average molecular weight is 465 g/mol. The average Bonchev–Trinajstić information content (AvgIpc) is 3.54. The maximum atomic E-state index is 12.9. The highest BCUT2D eigenvalue weighted by atomic mass is 32.2. The number of amides is 2. The summed E-state index contributed by atoms with van der Waals surface area (Å²) >= 11 is 0. The molecule has 2 saturated heterocycles. The van der Waals surface area contributed by atoms with Crippen LogP contribution in [0.3, 0.4) is 0 Å². The van der Waals surface area contributed by atoms with E-state index in [1.54, 1.807) is 7.05 Å². The number of rotatable bonds is 7. The van der Waals surface area contributed by atoms with E-state index < -0.39 is 15.9 Å². The van der Waals surface area contributed by atoms with Crippen LogP contribution < -0.4 is 25.7 Å². The van der Waals surface area contributed by atoms with Gasteiger partial charge < -0.3 is 10.6 Å². The molecule has 1 saturated carbocycles. The van der Waals surface area contributed by atoms with E-state index in [1.165, 1.54) is 22.6 Å². The summed E-state index contributed by atoms with van der Waals surface area (Å²) in [6.45, 7) is 2.01. The molecule has 3 fully saturated rings. The Morgan fingerprint density at radius 2 is 2.03 bits per heavy atom. The molecule has 32 heavy (non-hydrogen) atoms. The van der Waals surface area contributed by atoms with Crippen molar-refractivity contribution in [3.05, 3.63) is 23.8 Å². The highest BCUT2D eigenvalue weighted by molar-refractivity contribution is 7.92. The molecule has 0 bridgehead atoms. The third kappa shape index (κ3) is 4.55. The minimum Gasteiger partial charge on any atom is -0.380 e. The molecule has 0 spiro atoms. The lowest BCUT2D eigenvalue weighted by molar-refractivity contribution is -0.131. The first-order valence-corrected chi connectivity index (χ1v) is 12.9. The van der Waals surface area contributed by atoms with Crippen LogP contribution in [0.5, 0.6) is 0 Å². The molecule has 10 nitrogen and oxygen atoms in total. The number of hydrazine groups is 1. The predicted molar refractivity (Wildman–Crippen MR) is 122 cm³/mol. The molecule has 2 aliphatic heterocycles. The van der Waals surface area contributed by atoms with Crippen LogP contribution in [0.4, 0.5) is 11.4 Å². The van der Waals surface area contributed by atoms with Gasteiger partial charge in [0.15, 0.2) is 0 Å². The van der Waals surface area contributed by atoms with Crippen LogP contribution >= 0.6 is 0 Å². The van der Waals surface area contributed by atoms with Gasteiger partial charge in [-0.2, -0.15) is 0 Å². The van der Waals surface area contributed by atoms with Crippen molar-refractivity contribution in [3.63, 3.8) is 0 Å². The standard InChI is InChI=1S/C21H32N6O4S/c1-5-12-6-9-14(16(10-12)27(3)32(4,30)31)22-15-11-17(24-20(28)13-7-8-13)23-19-18(15)21(29)26(2)25-19/h6,9-10,13,15,17-19,22-23,25H,5,7-8,11H2,1-4H3,(H,24,28). The van der Waals surface area contributed by atoms with Crippen LogP contribution in [-0.4, -0.2) is 64.0 Å². The second-order valence-electron chi connectivity index (χ2n) is 8.95. The number of carbonyl (C=O) groups is 2. The van der Waals surface area contributed by atoms with Crippen molar-refractivity contribution in [1.29, 1.82) is 0 Å². The van der Waals surface area contributed by atoms with Crippen molar-refractivity contribution in [2.24, 2.45) is 11.8 Å². The van der Waals surface area contributed by atoms with Crippen molar-refractivity contribution in [2.45, 2.75) is 51.0 Å². The van der Waals surface area contributed by atoms with E-state index in [1.807, 2.05) is 25.1 Å². The third-order valence-corrected chi connectivity index (χ3v) is 7.72. The number of hydrogen-bond donors (Lipinski definition) is 4. The van der Waals surface area contributed by atoms with Crippen molar-refractivity contribution in [1.82, 2.24) is 21.1 Å². The Hall–Kier alpha value is -2.37. The minimum atomic E-state index is -3.47. The zero-order chi connectivity index (χ0) is 23.2. The van der Waals surface area contributed by atoms with E-state index in [2.05, 4.69) is 21.4 Å². The zero-order valence-corrected chi connectivity index (χ0v) is 19.7. The second-order valence-corrected chi connectivity index (χ2v) is 11.0. The fourth-order valence-corrected chi connectivity index (χ4v) is 4.90. The smallest absolute Gasteiger partial charge is 0.244 e. The Bertz CT molecular complexity index is 1010. The summed E-state index contributed by atoms with van der Waals surface area (Å²) in [6.07, 6.45) is 3.60. The number of sulfonamides is 1. The van der Waals surface area contributed by atoms with Gasteiger partial charge in [0, 0.05) is 32.5 Å². The van der Waals surface area contributed by atoms with Gasteiger partial charge in [-0.3, -0.25) is 24.2 Å². The molecule has 4 rings (SSSR count). The molecule has 3 aliphatic rings. The number of anilines is 2. The maximum absolute atomic E-state index is 12.9. The van der Waals surface area contributed by atoms with Gasteiger partial charge in [-0.25, -0.2) is 13.8 Å². The lowest BCUT2D eigenvalue weighted by Gasteiger charge is -2.39. The Kier molecular flexibility index (Phi) is 6.08. The quantitative estimate of drug-likeness (QED) is 0.454. The summed E-state index contributed by atoms with van der Waals surface area (Å²) in [5, 5.41) is 11.3. The van der Waals surface area contributed by atoms with Gasteiger partial charge in [-0.1, -0.05) is 13.0 Å². The highest BCUT2D eigenvalue weighted by Crippen LogP contribution is 2.34. The summed E-state index contributed by atoms with van der Waals surface area (Å²) in [7, 11) is -0.274. The topological polar surface area (TPSA) is 123 Å². The molecule has 11 heteroatoms. The number of nitrogens with zero attached hydrogens (tertiary/aromatic N) is 2. The second kappa shape index (κ2) is 8.53. The molecule has 1 aliphatic carbocycles. The first kappa shape index (κ1) is 22.8. The SMILES string of the molecule is CCc1ccc(NC2CC(NC(=O)C3CC3)NC3NN(C)C(=O)C23)c(N(C)S(C)(=O)=O)c1. The van der Waals surface area contributed by atoms with E-state index in [0.717, 1.165) is 24.8 Å². The fourth-order valence-electron chi connectivity index (χ4n) is 4.39. The van der Waals surface area contributed by atoms with Crippen molar-refractivity contribution in [3.8, 4) is 0 Å². The van der Waals surface area contributed by atoms with Crippen LogP contribution in [0.1, 0.15) is 31.7 Å². The van der Waals surface area contributed by atoms with Gasteiger partial charge in [0.1, 0.15) is 0 Å². The molecule has 4 unspecified atom stereocenters. The largest absolute Gasteiger partial charge is 0.380 e. The Balaban J connectivity index is 1.63.